The molecule has 0 bridgehead atoms. The molecular formula is C19H20N4O2. The molecule has 6 nitrogen and oxygen atoms in total. The molecule has 25 heavy (non-hydrogen) atoms. The molecule has 128 valence electrons. The van der Waals surface area contributed by atoms with E-state index in [1.54, 1.807) is 6.07 Å². The van der Waals surface area contributed by atoms with Crippen LogP contribution in [0.2, 0.25) is 0 Å². The number of aromatic nitrogens is 3. The zero-order valence-corrected chi connectivity index (χ0v) is 14.1. The lowest BCUT2D eigenvalue weighted by atomic mass is 10.1. The highest BCUT2D eigenvalue weighted by molar-refractivity contribution is 5.93. The highest BCUT2D eigenvalue weighted by atomic mass is 16.5. The molecule has 1 aromatic carbocycles. The first-order valence-corrected chi connectivity index (χ1v) is 8.53. The average molecular weight is 336 g/mol. The minimum atomic E-state index is -0.0719. The summed E-state index contributed by atoms with van der Waals surface area (Å²) in [5.41, 5.74) is 2.40. The van der Waals surface area contributed by atoms with Crippen molar-refractivity contribution in [2.24, 2.45) is 0 Å². The van der Waals surface area contributed by atoms with E-state index >= 15 is 0 Å². The quantitative estimate of drug-likeness (QED) is 0.734. The molecule has 1 aliphatic heterocycles. The van der Waals surface area contributed by atoms with Crippen LogP contribution in [-0.4, -0.2) is 38.3 Å². The van der Waals surface area contributed by atoms with Gasteiger partial charge in [-0.2, -0.15) is 5.10 Å². The molecule has 2 aromatic heterocycles. The van der Waals surface area contributed by atoms with E-state index in [4.69, 9.17) is 4.52 Å². The van der Waals surface area contributed by atoms with Crippen molar-refractivity contribution in [1.29, 1.82) is 0 Å². The Labute approximate surface area is 146 Å². The summed E-state index contributed by atoms with van der Waals surface area (Å²) in [5, 5.41) is 8.33. The standard InChI is InChI=1S/C19H20N4O2/c1-14-11-20-22(12-14)13-16-8-5-9-23(16)19(24)17-10-18(25-21-17)15-6-3-2-4-7-15/h2-4,6-7,10-12,16H,5,8-9,13H2,1H3. The summed E-state index contributed by atoms with van der Waals surface area (Å²) < 4.78 is 7.28. The van der Waals surface area contributed by atoms with Crippen molar-refractivity contribution in [3.63, 3.8) is 0 Å². The number of carbonyl (C=O) groups excluding carboxylic acids is 1. The molecule has 0 N–H and O–H groups in total. The fourth-order valence-electron chi connectivity index (χ4n) is 3.34. The number of carbonyl (C=O) groups is 1. The Morgan fingerprint density at radius 3 is 2.92 bits per heavy atom. The SMILES string of the molecule is Cc1cnn(CC2CCCN2C(=O)c2cc(-c3ccccc3)on2)c1. The molecule has 3 heterocycles. The van der Waals surface area contributed by atoms with Gasteiger partial charge in [-0.1, -0.05) is 35.5 Å². The first kappa shape index (κ1) is 15.6. The smallest absolute Gasteiger partial charge is 0.276 e. The van der Waals surface area contributed by atoms with Crippen molar-refractivity contribution in [3.8, 4) is 11.3 Å². The molecule has 1 unspecified atom stereocenters. The maximum Gasteiger partial charge on any atom is 0.276 e. The van der Waals surface area contributed by atoms with E-state index in [-0.39, 0.29) is 11.9 Å². The van der Waals surface area contributed by atoms with Crippen LogP contribution in [0.4, 0.5) is 0 Å². The first-order valence-electron chi connectivity index (χ1n) is 8.53. The summed E-state index contributed by atoms with van der Waals surface area (Å²) in [4.78, 5) is 14.8. The molecule has 6 heteroatoms. The van der Waals surface area contributed by atoms with Gasteiger partial charge in [-0.25, -0.2) is 0 Å². The summed E-state index contributed by atoms with van der Waals surface area (Å²) >= 11 is 0. The summed E-state index contributed by atoms with van der Waals surface area (Å²) in [5.74, 6) is 0.541. The predicted molar refractivity (Wildman–Crippen MR) is 93.0 cm³/mol. The van der Waals surface area contributed by atoms with Crippen molar-refractivity contribution in [2.75, 3.05) is 6.54 Å². The Hall–Kier alpha value is -2.89. The lowest BCUT2D eigenvalue weighted by molar-refractivity contribution is 0.0711. The van der Waals surface area contributed by atoms with E-state index in [1.165, 1.54) is 0 Å². The van der Waals surface area contributed by atoms with Crippen molar-refractivity contribution < 1.29 is 9.32 Å². The van der Waals surface area contributed by atoms with Crippen LogP contribution >= 0.6 is 0 Å². The van der Waals surface area contributed by atoms with Gasteiger partial charge in [0.25, 0.3) is 5.91 Å². The second-order valence-electron chi connectivity index (χ2n) is 6.48. The highest BCUT2D eigenvalue weighted by Crippen LogP contribution is 2.24. The van der Waals surface area contributed by atoms with Gasteiger partial charge in [-0.15, -0.1) is 0 Å². The fourth-order valence-corrected chi connectivity index (χ4v) is 3.34. The maximum absolute atomic E-state index is 12.9. The predicted octanol–water partition coefficient (Wildman–Crippen LogP) is 3.15. The molecule has 0 radical (unpaired) electrons. The van der Waals surface area contributed by atoms with E-state index in [0.717, 1.165) is 30.5 Å². The molecule has 1 saturated heterocycles. The largest absolute Gasteiger partial charge is 0.355 e. The van der Waals surface area contributed by atoms with Crippen molar-refractivity contribution in [2.45, 2.75) is 32.4 Å². The van der Waals surface area contributed by atoms with Crippen LogP contribution in [0.25, 0.3) is 11.3 Å². The van der Waals surface area contributed by atoms with Gasteiger partial charge < -0.3 is 9.42 Å². The third-order valence-corrected chi connectivity index (χ3v) is 4.59. The molecule has 1 atom stereocenters. The van der Waals surface area contributed by atoms with Crippen LogP contribution < -0.4 is 0 Å². The van der Waals surface area contributed by atoms with Crippen molar-refractivity contribution in [3.05, 3.63) is 60.0 Å². The molecule has 0 saturated carbocycles. The minimum Gasteiger partial charge on any atom is -0.355 e. The molecule has 0 spiro atoms. The second-order valence-corrected chi connectivity index (χ2v) is 6.48. The lowest BCUT2D eigenvalue weighted by Crippen LogP contribution is -2.38. The third-order valence-electron chi connectivity index (χ3n) is 4.59. The number of hydrogen-bond acceptors (Lipinski definition) is 4. The Balaban J connectivity index is 1.51. The Morgan fingerprint density at radius 1 is 1.32 bits per heavy atom. The summed E-state index contributed by atoms with van der Waals surface area (Å²) in [6.45, 7) is 3.47. The number of hydrogen-bond donors (Lipinski definition) is 0. The van der Waals surface area contributed by atoms with Crippen LogP contribution in [-0.2, 0) is 6.54 Å². The third kappa shape index (κ3) is 3.20. The van der Waals surface area contributed by atoms with E-state index in [0.29, 0.717) is 18.0 Å². The minimum absolute atomic E-state index is 0.0719. The van der Waals surface area contributed by atoms with Crippen LogP contribution in [0.1, 0.15) is 28.9 Å². The molecule has 4 rings (SSSR count). The number of amides is 1. The molecule has 3 aromatic rings. The average Bonchev–Trinajstić information content (AvgIpc) is 3.37. The Kier molecular flexibility index (Phi) is 4.09. The van der Waals surface area contributed by atoms with E-state index in [9.17, 15) is 4.79 Å². The van der Waals surface area contributed by atoms with E-state index < -0.39 is 0 Å². The van der Waals surface area contributed by atoms with E-state index in [1.807, 2.05) is 59.2 Å². The highest BCUT2D eigenvalue weighted by Gasteiger charge is 2.31. The lowest BCUT2D eigenvalue weighted by Gasteiger charge is -2.23. The fraction of sp³-hybridized carbons (Fsp3) is 0.316. The Bertz CT molecular complexity index is 868. The summed E-state index contributed by atoms with van der Waals surface area (Å²) in [6, 6.07) is 11.6. The van der Waals surface area contributed by atoms with Crippen LogP contribution in [0.3, 0.4) is 0 Å². The summed E-state index contributed by atoms with van der Waals surface area (Å²) in [6.07, 6.45) is 5.82. The number of rotatable bonds is 4. The normalized spacial score (nSPS) is 17.2. The van der Waals surface area contributed by atoms with Gasteiger partial charge >= 0.3 is 0 Å². The molecule has 1 amide bonds. The Morgan fingerprint density at radius 2 is 2.16 bits per heavy atom. The van der Waals surface area contributed by atoms with Crippen molar-refractivity contribution >= 4 is 5.91 Å². The van der Waals surface area contributed by atoms with E-state index in [2.05, 4.69) is 10.3 Å². The van der Waals surface area contributed by atoms with Gasteiger partial charge in [-0.05, 0) is 25.3 Å². The first-order chi connectivity index (χ1) is 12.2. The van der Waals surface area contributed by atoms with Crippen LogP contribution in [0.15, 0.2) is 53.3 Å². The molecule has 0 aliphatic carbocycles. The van der Waals surface area contributed by atoms with Gasteiger partial charge in [-0.3, -0.25) is 9.48 Å². The molecule has 1 aliphatic rings. The van der Waals surface area contributed by atoms with Gasteiger partial charge in [0, 0.05) is 24.4 Å². The van der Waals surface area contributed by atoms with Gasteiger partial charge in [0.2, 0.25) is 0 Å². The number of nitrogens with zero attached hydrogens (tertiary/aromatic N) is 4. The number of likely N-dealkylation sites (tertiary alicyclic amines) is 1. The second kappa shape index (κ2) is 6.55. The monoisotopic (exact) mass is 336 g/mol. The van der Waals surface area contributed by atoms with Gasteiger partial charge in [0.15, 0.2) is 11.5 Å². The van der Waals surface area contributed by atoms with Gasteiger partial charge in [0.05, 0.1) is 18.8 Å². The number of aryl methyl sites for hydroxylation is 1. The summed E-state index contributed by atoms with van der Waals surface area (Å²) in [7, 11) is 0. The van der Waals surface area contributed by atoms with Crippen LogP contribution in [0, 0.1) is 6.92 Å². The zero-order chi connectivity index (χ0) is 17.2. The van der Waals surface area contributed by atoms with Crippen molar-refractivity contribution in [1.82, 2.24) is 19.8 Å². The zero-order valence-electron chi connectivity index (χ0n) is 14.1. The maximum atomic E-state index is 12.9. The molecular weight excluding hydrogens is 316 g/mol. The van der Waals surface area contributed by atoms with Gasteiger partial charge in [0.1, 0.15) is 0 Å². The van der Waals surface area contributed by atoms with Crippen LogP contribution in [0.5, 0.6) is 0 Å². The number of benzene rings is 1. The molecule has 1 fully saturated rings. The topological polar surface area (TPSA) is 64.2 Å².